The van der Waals surface area contributed by atoms with E-state index in [1.165, 1.54) is 0 Å². The van der Waals surface area contributed by atoms with Gasteiger partial charge in [0.15, 0.2) is 11.5 Å². The minimum absolute atomic E-state index is 0.106. The van der Waals surface area contributed by atoms with Crippen LogP contribution in [0.2, 0.25) is 0 Å². The fourth-order valence-electron chi connectivity index (χ4n) is 2.57. The first-order valence-corrected chi connectivity index (χ1v) is 7.17. The summed E-state index contributed by atoms with van der Waals surface area (Å²) in [6, 6.07) is 13.3. The quantitative estimate of drug-likeness (QED) is 0.877. The molecule has 4 nitrogen and oxygen atoms in total. The molecule has 0 bridgehead atoms. The Labute approximate surface area is 129 Å². The molecule has 112 valence electrons. The Morgan fingerprint density at radius 3 is 2.73 bits per heavy atom. The summed E-state index contributed by atoms with van der Waals surface area (Å²) in [6.07, 6.45) is 1.84. The van der Waals surface area contributed by atoms with Crippen LogP contribution in [-0.4, -0.2) is 19.6 Å². The molecule has 0 aliphatic carbocycles. The van der Waals surface area contributed by atoms with Crippen molar-refractivity contribution in [2.24, 2.45) is 0 Å². The predicted octanol–water partition coefficient (Wildman–Crippen LogP) is 3.59. The van der Waals surface area contributed by atoms with Crippen LogP contribution in [0.5, 0.6) is 11.5 Å². The lowest BCUT2D eigenvalue weighted by Crippen LogP contribution is -2.04. The Kier molecular flexibility index (Phi) is 3.83. The number of hydrogen-bond acceptors (Lipinski definition) is 3. The van der Waals surface area contributed by atoms with E-state index in [0.717, 1.165) is 16.8 Å². The highest BCUT2D eigenvalue weighted by molar-refractivity contribution is 6.35. The lowest BCUT2D eigenvalue weighted by Gasteiger charge is -2.12. The second-order valence-electron chi connectivity index (χ2n) is 4.87. The maximum atomic E-state index is 12.2. The normalized spacial score (nSPS) is 14.6. The van der Waals surface area contributed by atoms with Gasteiger partial charge in [-0.15, -0.1) is 0 Å². The zero-order valence-corrected chi connectivity index (χ0v) is 12.6. The van der Waals surface area contributed by atoms with Crippen molar-refractivity contribution in [3.8, 4) is 11.5 Å². The number of para-hydroxylation sites is 2. The van der Waals surface area contributed by atoms with E-state index < -0.39 is 0 Å². The largest absolute Gasteiger partial charge is 0.492 e. The van der Waals surface area contributed by atoms with Crippen LogP contribution in [0.25, 0.3) is 11.6 Å². The highest BCUT2D eigenvalue weighted by atomic mass is 16.5. The third kappa shape index (κ3) is 2.44. The average Bonchev–Trinajstić information content (AvgIpc) is 2.84. The number of anilines is 1. The SMILES string of the molecule is CCOc1cccc(C=C2C(=O)Nc3ccccc32)c1OC. The topological polar surface area (TPSA) is 47.6 Å². The van der Waals surface area contributed by atoms with Gasteiger partial charge in [-0.05, 0) is 25.1 Å². The van der Waals surface area contributed by atoms with Gasteiger partial charge >= 0.3 is 0 Å². The summed E-state index contributed by atoms with van der Waals surface area (Å²) in [5.41, 5.74) is 3.17. The molecule has 0 unspecified atom stereocenters. The molecule has 1 aliphatic rings. The van der Waals surface area contributed by atoms with E-state index in [0.29, 0.717) is 23.7 Å². The van der Waals surface area contributed by atoms with Crippen LogP contribution in [-0.2, 0) is 4.79 Å². The van der Waals surface area contributed by atoms with Crippen molar-refractivity contribution in [3.05, 3.63) is 53.6 Å². The van der Waals surface area contributed by atoms with Gasteiger partial charge in [0, 0.05) is 22.4 Å². The first-order valence-electron chi connectivity index (χ1n) is 7.17. The number of benzene rings is 2. The summed E-state index contributed by atoms with van der Waals surface area (Å²) in [5.74, 6) is 1.20. The number of rotatable bonds is 4. The number of fused-ring (bicyclic) bond motifs is 1. The lowest BCUT2D eigenvalue weighted by molar-refractivity contribution is -0.110. The van der Waals surface area contributed by atoms with E-state index in [-0.39, 0.29) is 5.91 Å². The molecule has 0 atom stereocenters. The van der Waals surface area contributed by atoms with Gasteiger partial charge in [-0.1, -0.05) is 30.3 Å². The van der Waals surface area contributed by atoms with Crippen molar-refractivity contribution in [2.75, 3.05) is 19.0 Å². The summed E-state index contributed by atoms with van der Waals surface area (Å²) >= 11 is 0. The summed E-state index contributed by atoms with van der Waals surface area (Å²) in [6.45, 7) is 2.48. The molecule has 22 heavy (non-hydrogen) atoms. The number of hydrogen-bond donors (Lipinski definition) is 1. The molecule has 1 aliphatic heterocycles. The lowest BCUT2D eigenvalue weighted by atomic mass is 10.0. The van der Waals surface area contributed by atoms with Gasteiger partial charge in [0.25, 0.3) is 5.91 Å². The Morgan fingerprint density at radius 2 is 1.95 bits per heavy atom. The number of methoxy groups -OCH3 is 1. The smallest absolute Gasteiger partial charge is 0.256 e. The van der Waals surface area contributed by atoms with E-state index >= 15 is 0 Å². The number of amides is 1. The molecule has 2 aromatic rings. The van der Waals surface area contributed by atoms with E-state index in [1.807, 2.05) is 55.5 Å². The minimum Gasteiger partial charge on any atom is -0.492 e. The molecular weight excluding hydrogens is 278 g/mol. The molecule has 0 radical (unpaired) electrons. The van der Waals surface area contributed by atoms with Crippen LogP contribution >= 0.6 is 0 Å². The van der Waals surface area contributed by atoms with Crippen LogP contribution in [0, 0.1) is 0 Å². The maximum Gasteiger partial charge on any atom is 0.256 e. The molecule has 3 rings (SSSR count). The van der Waals surface area contributed by atoms with Crippen molar-refractivity contribution in [1.29, 1.82) is 0 Å². The second-order valence-corrected chi connectivity index (χ2v) is 4.87. The van der Waals surface area contributed by atoms with Gasteiger partial charge in [-0.25, -0.2) is 0 Å². The molecule has 0 spiro atoms. The summed E-state index contributed by atoms with van der Waals surface area (Å²) in [7, 11) is 1.60. The molecule has 1 N–H and O–H groups in total. The minimum atomic E-state index is -0.106. The van der Waals surface area contributed by atoms with Crippen molar-refractivity contribution in [3.63, 3.8) is 0 Å². The van der Waals surface area contributed by atoms with Gasteiger partial charge in [-0.2, -0.15) is 0 Å². The number of ether oxygens (including phenoxy) is 2. The van der Waals surface area contributed by atoms with Gasteiger partial charge < -0.3 is 14.8 Å². The molecule has 1 heterocycles. The molecule has 0 saturated heterocycles. The fraction of sp³-hybridized carbons (Fsp3) is 0.167. The van der Waals surface area contributed by atoms with Gasteiger partial charge in [0.2, 0.25) is 0 Å². The van der Waals surface area contributed by atoms with Gasteiger partial charge in [0.1, 0.15) is 0 Å². The Balaban J connectivity index is 2.09. The van der Waals surface area contributed by atoms with E-state index in [9.17, 15) is 4.79 Å². The van der Waals surface area contributed by atoms with E-state index in [2.05, 4.69) is 5.32 Å². The average molecular weight is 295 g/mol. The summed E-state index contributed by atoms with van der Waals surface area (Å²) in [4.78, 5) is 12.2. The third-order valence-electron chi connectivity index (χ3n) is 3.52. The molecule has 4 heteroatoms. The molecular formula is C18H17NO3. The molecule has 1 amide bonds. The Bertz CT molecular complexity index is 750. The third-order valence-corrected chi connectivity index (χ3v) is 3.52. The first kappa shape index (κ1) is 14.2. The summed E-state index contributed by atoms with van der Waals surface area (Å²) < 4.78 is 11.0. The van der Waals surface area contributed by atoms with Crippen LogP contribution in [0.15, 0.2) is 42.5 Å². The zero-order valence-electron chi connectivity index (χ0n) is 12.6. The number of nitrogens with one attached hydrogen (secondary N) is 1. The van der Waals surface area contributed by atoms with Crippen LogP contribution in [0.1, 0.15) is 18.1 Å². The van der Waals surface area contributed by atoms with Crippen molar-refractivity contribution in [2.45, 2.75) is 6.92 Å². The van der Waals surface area contributed by atoms with Crippen LogP contribution in [0.4, 0.5) is 5.69 Å². The monoisotopic (exact) mass is 295 g/mol. The van der Waals surface area contributed by atoms with Gasteiger partial charge in [-0.3, -0.25) is 4.79 Å². The van der Waals surface area contributed by atoms with E-state index in [4.69, 9.17) is 9.47 Å². The number of carbonyl (C=O) groups excluding carboxylic acids is 1. The summed E-state index contributed by atoms with van der Waals surface area (Å²) in [5, 5.41) is 2.87. The fourth-order valence-corrected chi connectivity index (χ4v) is 2.57. The van der Waals surface area contributed by atoms with Crippen LogP contribution < -0.4 is 14.8 Å². The first-order chi connectivity index (χ1) is 10.7. The van der Waals surface area contributed by atoms with Crippen molar-refractivity contribution >= 4 is 23.2 Å². The Hall–Kier alpha value is -2.75. The van der Waals surface area contributed by atoms with E-state index in [1.54, 1.807) is 7.11 Å². The maximum absolute atomic E-state index is 12.2. The van der Waals surface area contributed by atoms with Crippen molar-refractivity contribution < 1.29 is 14.3 Å². The Morgan fingerprint density at radius 1 is 1.14 bits per heavy atom. The highest BCUT2D eigenvalue weighted by Gasteiger charge is 2.24. The molecule has 0 saturated carbocycles. The van der Waals surface area contributed by atoms with Gasteiger partial charge in [0.05, 0.1) is 13.7 Å². The standard InChI is InChI=1S/C18H17NO3/c1-3-22-16-10-6-7-12(17(16)21-2)11-14-13-8-4-5-9-15(13)19-18(14)20/h4-11H,3H2,1-2H3,(H,19,20). The zero-order chi connectivity index (χ0) is 15.5. The molecule has 0 fully saturated rings. The second kappa shape index (κ2) is 5.93. The molecule has 0 aromatic heterocycles. The van der Waals surface area contributed by atoms with Crippen molar-refractivity contribution in [1.82, 2.24) is 0 Å². The van der Waals surface area contributed by atoms with Crippen LogP contribution in [0.3, 0.4) is 0 Å². The highest BCUT2D eigenvalue weighted by Crippen LogP contribution is 2.37. The predicted molar refractivity (Wildman–Crippen MR) is 87.1 cm³/mol. The molecule has 2 aromatic carbocycles. The number of carbonyl (C=O) groups is 1.